The van der Waals surface area contributed by atoms with E-state index in [-0.39, 0.29) is 6.10 Å². The fourth-order valence-electron chi connectivity index (χ4n) is 3.29. The molecule has 0 aliphatic carbocycles. The molecule has 1 aromatic carbocycles. The van der Waals surface area contributed by atoms with Gasteiger partial charge in [0.2, 0.25) is 11.6 Å². The van der Waals surface area contributed by atoms with E-state index in [4.69, 9.17) is 26.8 Å². The molecule has 32 heavy (non-hydrogen) atoms. The van der Waals surface area contributed by atoms with Crippen molar-refractivity contribution in [3.05, 3.63) is 60.6 Å². The van der Waals surface area contributed by atoms with Crippen LogP contribution in [0.25, 0.3) is 11.2 Å². The minimum absolute atomic E-state index is 0.00740. The normalized spacial score (nSPS) is 14.4. The van der Waals surface area contributed by atoms with Gasteiger partial charge in [-0.15, -0.1) is 0 Å². The third kappa shape index (κ3) is 4.77. The number of fused-ring (bicyclic) bond motifs is 2. The average molecular weight is 430 g/mol. The summed E-state index contributed by atoms with van der Waals surface area (Å²) < 4.78 is 23.8. The number of rotatable bonds is 4. The van der Waals surface area contributed by atoms with Crippen LogP contribution in [-0.4, -0.2) is 54.3 Å². The summed E-state index contributed by atoms with van der Waals surface area (Å²) in [6.07, 6.45) is 3.45. The zero-order chi connectivity index (χ0) is 22.5. The number of hydrogen-bond donors (Lipinski definition) is 0. The monoisotopic (exact) mass is 430 g/mol. The van der Waals surface area contributed by atoms with Crippen LogP contribution in [0.15, 0.2) is 55.0 Å². The molecule has 162 valence electrons. The maximum absolute atomic E-state index is 5.88. The summed E-state index contributed by atoms with van der Waals surface area (Å²) in [6.45, 7) is 3.06. The number of aromatic nitrogens is 4. The molecule has 1 unspecified atom stereocenters. The molecule has 1 aliphatic rings. The second kappa shape index (κ2) is 9.59. The van der Waals surface area contributed by atoms with Crippen molar-refractivity contribution in [1.29, 1.82) is 0 Å². The van der Waals surface area contributed by atoms with Gasteiger partial charge in [-0.25, -0.2) is 15.0 Å². The molecule has 1 aliphatic heterocycles. The molecule has 0 N–H and O–H groups in total. The Bertz CT molecular complexity index is 1200. The molecule has 0 bridgehead atoms. The Balaban J connectivity index is 0.000000260. The lowest BCUT2D eigenvalue weighted by Gasteiger charge is -2.26. The van der Waals surface area contributed by atoms with Crippen LogP contribution < -0.4 is 24.5 Å². The largest absolute Gasteiger partial charge is 0.493 e. The van der Waals surface area contributed by atoms with Crippen molar-refractivity contribution >= 4 is 24.6 Å². The van der Waals surface area contributed by atoms with Crippen LogP contribution in [0.3, 0.4) is 0 Å². The molecule has 0 spiro atoms. The molecular weight excluding hydrogens is 407 g/mol. The van der Waals surface area contributed by atoms with Gasteiger partial charge in [0, 0.05) is 12.3 Å². The SMILES string of the molecule is COc1ccccn1.[B]c1ccc2ncn(Cc3cc(OC)c4c(c3)OC(C)CO4)c2n1. The molecule has 0 saturated heterocycles. The van der Waals surface area contributed by atoms with Crippen molar-refractivity contribution in [2.75, 3.05) is 20.8 Å². The number of hydrogen-bond acceptors (Lipinski definition) is 7. The van der Waals surface area contributed by atoms with Gasteiger partial charge in [0.1, 0.15) is 26.1 Å². The molecule has 0 fully saturated rings. The van der Waals surface area contributed by atoms with Crippen LogP contribution in [0.5, 0.6) is 23.1 Å². The Morgan fingerprint density at radius 1 is 1.12 bits per heavy atom. The highest BCUT2D eigenvalue weighted by atomic mass is 16.6. The lowest BCUT2D eigenvalue weighted by Crippen LogP contribution is -2.26. The van der Waals surface area contributed by atoms with Crippen molar-refractivity contribution in [2.45, 2.75) is 19.6 Å². The van der Waals surface area contributed by atoms with E-state index in [0.29, 0.717) is 41.9 Å². The molecule has 4 aromatic rings. The molecule has 5 rings (SSSR count). The van der Waals surface area contributed by atoms with Gasteiger partial charge in [-0.3, -0.25) is 0 Å². The third-order valence-electron chi connectivity index (χ3n) is 4.78. The van der Waals surface area contributed by atoms with E-state index >= 15 is 0 Å². The highest BCUT2D eigenvalue weighted by Crippen LogP contribution is 2.41. The van der Waals surface area contributed by atoms with Gasteiger partial charge < -0.3 is 23.5 Å². The fraction of sp³-hybridized carbons (Fsp3) is 0.261. The first-order valence-electron chi connectivity index (χ1n) is 10.1. The lowest BCUT2D eigenvalue weighted by molar-refractivity contribution is 0.100. The maximum Gasteiger partial charge on any atom is 0.212 e. The van der Waals surface area contributed by atoms with Crippen molar-refractivity contribution in [3.63, 3.8) is 0 Å². The quantitative estimate of drug-likeness (QED) is 0.461. The van der Waals surface area contributed by atoms with Gasteiger partial charge in [-0.05, 0) is 48.4 Å². The molecule has 3 aromatic heterocycles. The Morgan fingerprint density at radius 3 is 2.72 bits per heavy atom. The summed E-state index contributed by atoms with van der Waals surface area (Å²) in [5, 5.41) is 0. The first kappa shape index (κ1) is 21.5. The molecule has 2 radical (unpaired) electrons. The van der Waals surface area contributed by atoms with E-state index < -0.39 is 0 Å². The van der Waals surface area contributed by atoms with Crippen LogP contribution >= 0.6 is 0 Å². The molecule has 0 amide bonds. The predicted octanol–water partition coefficient (Wildman–Crippen LogP) is 2.53. The average Bonchev–Trinajstić information content (AvgIpc) is 3.20. The summed E-state index contributed by atoms with van der Waals surface area (Å²) in [5.41, 5.74) is 3.03. The first-order valence-corrected chi connectivity index (χ1v) is 10.1. The van der Waals surface area contributed by atoms with E-state index in [2.05, 4.69) is 15.0 Å². The first-order chi connectivity index (χ1) is 15.6. The third-order valence-corrected chi connectivity index (χ3v) is 4.78. The molecule has 1 atom stereocenters. The van der Waals surface area contributed by atoms with Gasteiger partial charge in [-0.1, -0.05) is 6.07 Å². The smallest absolute Gasteiger partial charge is 0.212 e. The Hall–Kier alpha value is -3.75. The maximum atomic E-state index is 5.88. The lowest BCUT2D eigenvalue weighted by atomic mass is 10.0. The van der Waals surface area contributed by atoms with Gasteiger partial charge in [0.15, 0.2) is 17.1 Å². The summed E-state index contributed by atoms with van der Waals surface area (Å²) in [7, 11) is 9.01. The zero-order valence-corrected chi connectivity index (χ0v) is 18.2. The summed E-state index contributed by atoms with van der Waals surface area (Å²) in [6, 6.07) is 13.0. The second-order valence-electron chi connectivity index (χ2n) is 7.19. The van der Waals surface area contributed by atoms with Crippen LogP contribution in [-0.2, 0) is 6.54 Å². The van der Waals surface area contributed by atoms with Gasteiger partial charge in [0.05, 0.1) is 27.1 Å². The number of ether oxygens (including phenoxy) is 4. The highest BCUT2D eigenvalue weighted by molar-refractivity contribution is 6.31. The zero-order valence-electron chi connectivity index (χ0n) is 18.2. The van der Waals surface area contributed by atoms with Crippen molar-refractivity contribution in [1.82, 2.24) is 19.5 Å². The second-order valence-corrected chi connectivity index (χ2v) is 7.19. The van der Waals surface area contributed by atoms with Crippen LogP contribution in [0.4, 0.5) is 0 Å². The summed E-state index contributed by atoms with van der Waals surface area (Å²) >= 11 is 0. The Kier molecular flexibility index (Phi) is 6.44. The standard InChI is InChI=1S/C17H16BN3O3.C6H7NO/c1-10-8-23-16-13(22-2)5-11(6-14(16)24-10)7-21-9-19-12-3-4-15(18)20-17(12)21;1-8-6-4-2-3-5-7-6/h3-6,9-10H,7-8H2,1-2H3;2-5H,1H3. The van der Waals surface area contributed by atoms with Crippen LogP contribution in [0, 0.1) is 0 Å². The molecule has 4 heterocycles. The van der Waals surface area contributed by atoms with Gasteiger partial charge in [-0.2, -0.15) is 0 Å². The van der Waals surface area contributed by atoms with E-state index in [9.17, 15) is 0 Å². The highest BCUT2D eigenvalue weighted by Gasteiger charge is 2.22. The Morgan fingerprint density at radius 2 is 2.00 bits per heavy atom. The van der Waals surface area contributed by atoms with E-state index in [1.54, 1.807) is 38.9 Å². The van der Waals surface area contributed by atoms with E-state index in [1.165, 1.54) is 0 Å². The fourth-order valence-corrected chi connectivity index (χ4v) is 3.29. The summed E-state index contributed by atoms with van der Waals surface area (Å²) in [5.74, 6) is 2.66. The summed E-state index contributed by atoms with van der Waals surface area (Å²) in [4.78, 5) is 12.6. The molecule has 8 nitrogen and oxygen atoms in total. The van der Waals surface area contributed by atoms with Crippen molar-refractivity contribution in [3.8, 4) is 23.1 Å². The number of benzene rings is 1. The van der Waals surface area contributed by atoms with E-state index in [1.807, 2.05) is 41.8 Å². The van der Waals surface area contributed by atoms with Gasteiger partial charge >= 0.3 is 0 Å². The van der Waals surface area contributed by atoms with E-state index in [0.717, 1.165) is 16.7 Å². The van der Waals surface area contributed by atoms with Crippen LogP contribution in [0.2, 0.25) is 0 Å². The number of pyridine rings is 2. The van der Waals surface area contributed by atoms with Crippen LogP contribution in [0.1, 0.15) is 12.5 Å². The number of nitrogens with zero attached hydrogens (tertiary/aromatic N) is 4. The molecule has 9 heteroatoms. The van der Waals surface area contributed by atoms with Crippen molar-refractivity contribution < 1.29 is 18.9 Å². The van der Waals surface area contributed by atoms with Gasteiger partial charge in [0.25, 0.3) is 0 Å². The predicted molar refractivity (Wildman–Crippen MR) is 121 cm³/mol. The molecular formula is C23H23BN4O4. The minimum Gasteiger partial charge on any atom is -0.493 e. The number of methoxy groups -OCH3 is 2. The molecule has 0 saturated carbocycles. The Labute approximate surface area is 187 Å². The topological polar surface area (TPSA) is 80.5 Å². The minimum atomic E-state index is 0.00740. The number of imidazole rings is 1. The van der Waals surface area contributed by atoms with Crippen molar-refractivity contribution in [2.24, 2.45) is 0 Å².